The highest BCUT2D eigenvalue weighted by atomic mass is 16.5. The number of pyridine rings is 2. The van der Waals surface area contributed by atoms with E-state index >= 15 is 0 Å². The highest BCUT2D eigenvalue weighted by Gasteiger charge is 2.46. The molecule has 4 aromatic carbocycles. The van der Waals surface area contributed by atoms with Crippen molar-refractivity contribution in [2.75, 3.05) is 40.4 Å². The van der Waals surface area contributed by atoms with Gasteiger partial charge in [-0.05, 0) is 156 Å². The highest BCUT2D eigenvalue weighted by molar-refractivity contribution is 5.86. The van der Waals surface area contributed by atoms with Gasteiger partial charge in [-0.15, -0.1) is 13.2 Å². The number of hydrogen-bond donors (Lipinski definition) is 0. The zero-order chi connectivity index (χ0) is 41.9. The van der Waals surface area contributed by atoms with E-state index in [9.17, 15) is 0 Å². The molecule has 7 aliphatic rings. The lowest BCUT2D eigenvalue weighted by Gasteiger charge is -2.52. The third-order valence-electron chi connectivity index (χ3n) is 15.2. The molecule has 316 valence electrons. The fraction of sp³-hybridized carbons (Fsp3) is 0.370. The number of hydrogen-bond acceptors (Lipinski definition) is 8. The Labute approximate surface area is 364 Å². The second-order valence-corrected chi connectivity index (χ2v) is 18.2. The number of methoxy groups -OCH3 is 2. The maximum absolute atomic E-state index is 7.68. The summed E-state index contributed by atoms with van der Waals surface area (Å²) in [6.07, 6.45) is 16.2. The second kappa shape index (κ2) is 16.4. The van der Waals surface area contributed by atoms with Crippen molar-refractivity contribution in [2.45, 2.75) is 62.2 Å². The van der Waals surface area contributed by atoms with Crippen LogP contribution in [0.15, 0.2) is 135 Å². The molecular formula is C54H56N4O4. The summed E-state index contributed by atoms with van der Waals surface area (Å²) in [6, 6.07) is 30.5. The van der Waals surface area contributed by atoms with Gasteiger partial charge in [-0.2, -0.15) is 0 Å². The Hall–Kier alpha value is -5.38. The largest absolute Gasteiger partial charge is 0.497 e. The average molecular weight is 825 g/mol. The molecule has 6 aromatic rings. The van der Waals surface area contributed by atoms with Crippen molar-refractivity contribution in [3.05, 3.63) is 157 Å². The van der Waals surface area contributed by atoms with Gasteiger partial charge in [0.25, 0.3) is 0 Å². The van der Waals surface area contributed by atoms with Gasteiger partial charge in [0.15, 0.2) is 0 Å². The summed E-state index contributed by atoms with van der Waals surface area (Å²) < 4.78 is 26.9. The predicted octanol–water partition coefficient (Wildman–Crippen LogP) is 10.9. The molecule has 6 saturated heterocycles. The van der Waals surface area contributed by atoms with Crippen LogP contribution in [0.4, 0.5) is 0 Å². The van der Waals surface area contributed by atoms with Gasteiger partial charge >= 0.3 is 0 Å². The van der Waals surface area contributed by atoms with E-state index in [-0.39, 0.29) is 36.5 Å². The molecule has 4 bridgehead atoms. The van der Waals surface area contributed by atoms with E-state index in [1.54, 1.807) is 14.2 Å². The fourth-order valence-electron chi connectivity index (χ4n) is 11.9. The zero-order valence-corrected chi connectivity index (χ0v) is 35.8. The van der Waals surface area contributed by atoms with Crippen LogP contribution in [0.2, 0.25) is 0 Å². The topological polar surface area (TPSA) is 69.2 Å². The van der Waals surface area contributed by atoms with Crippen LogP contribution in [-0.2, 0) is 9.47 Å². The lowest BCUT2D eigenvalue weighted by Crippen LogP contribution is -2.55. The van der Waals surface area contributed by atoms with Crippen molar-refractivity contribution >= 4 is 32.6 Å². The third-order valence-corrected chi connectivity index (χ3v) is 15.2. The second-order valence-electron chi connectivity index (χ2n) is 18.2. The fourth-order valence-corrected chi connectivity index (χ4v) is 11.9. The Bertz CT molecular complexity index is 2520. The number of ether oxygens (including phenoxy) is 4. The molecule has 2 aromatic heterocycles. The standard InChI is InChI=1S/C54H56N4O4/c1-5-33-31-57-23-19-37(33)27-49(57)53(41-17-21-55-47-13-11-39(59-3)29-43(41)47)61-51-15-16-52(46-26-36-10-8-7-9-35(36)25-45(46)51)62-54(50-28-38-20-24-58(50)32-34(38)6-2)42-18-22-56-48-14-12-40(60-4)30-44(42)48/h5-18,21-22,25-26,29-30,33-34,37-38,49-54H,1-2,19-20,23-24,27-28,31-32H2,3-4H3/t33-,34-,37+,38+,49?,50?,51?,52?,53+,54+/m1/s1. The quantitative estimate of drug-likeness (QED) is 0.113. The van der Waals surface area contributed by atoms with E-state index in [2.05, 4.69) is 120 Å². The summed E-state index contributed by atoms with van der Waals surface area (Å²) in [7, 11) is 3.46. The first-order valence-electron chi connectivity index (χ1n) is 22.6. The van der Waals surface area contributed by atoms with E-state index < -0.39 is 0 Å². The molecule has 62 heavy (non-hydrogen) atoms. The molecule has 0 saturated carbocycles. The SMILES string of the molecule is C=C[C@@H]1CN2CC[C@H]1CC2[C@@H](OC1C=CC(O[C@@H](c2ccnc3ccc(OC)cc23)C2C[C@@H]3CCN2C[C@H]3C=C)c2cc3ccccc3cc21)c1ccnc2ccc(OC)cc12. The number of nitrogens with zero attached hydrogens (tertiary/aromatic N) is 4. The van der Waals surface area contributed by atoms with Crippen molar-refractivity contribution in [2.24, 2.45) is 23.7 Å². The molecule has 0 radical (unpaired) electrons. The van der Waals surface area contributed by atoms with Gasteiger partial charge in [-0.1, -0.05) is 48.6 Å². The van der Waals surface area contributed by atoms with Crippen molar-refractivity contribution in [3.8, 4) is 11.5 Å². The molecule has 1 aliphatic carbocycles. The Morgan fingerprint density at radius 1 is 0.613 bits per heavy atom. The van der Waals surface area contributed by atoms with Gasteiger partial charge in [0.05, 0.1) is 37.5 Å². The number of benzene rings is 4. The summed E-state index contributed by atoms with van der Waals surface area (Å²) in [5.74, 6) is 3.80. The normalized spacial score (nSPS) is 29.6. The van der Waals surface area contributed by atoms with Crippen molar-refractivity contribution in [3.63, 3.8) is 0 Å². The zero-order valence-electron chi connectivity index (χ0n) is 35.8. The van der Waals surface area contributed by atoms with Gasteiger partial charge in [0.2, 0.25) is 0 Å². The lowest BCUT2D eigenvalue weighted by atomic mass is 9.73. The van der Waals surface area contributed by atoms with E-state index in [1.807, 2.05) is 24.5 Å². The van der Waals surface area contributed by atoms with Crippen molar-refractivity contribution in [1.82, 2.24) is 19.8 Å². The third kappa shape index (κ3) is 6.92. The molecule has 13 rings (SSSR count). The Kier molecular flexibility index (Phi) is 10.4. The van der Waals surface area contributed by atoms with E-state index in [1.165, 1.54) is 23.6 Å². The average Bonchev–Trinajstić information content (AvgIpc) is 3.34. The lowest BCUT2D eigenvalue weighted by molar-refractivity contribution is -0.101. The van der Waals surface area contributed by atoms with Crippen LogP contribution >= 0.6 is 0 Å². The molecule has 0 amide bonds. The summed E-state index contributed by atoms with van der Waals surface area (Å²) in [5.41, 5.74) is 6.47. The van der Waals surface area contributed by atoms with Crippen LogP contribution in [0.5, 0.6) is 11.5 Å². The maximum atomic E-state index is 7.68. The van der Waals surface area contributed by atoms with E-state index in [0.29, 0.717) is 23.7 Å². The molecule has 8 nitrogen and oxygen atoms in total. The molecule has 6 unspecified atom stereocenters. The smallest absolute Gasteiger partial charge is 0.119 e. The van der Waals surface area contributed by atoms with Gasteiger partial charge < -0.3 is 18.9 Å². The first-order chi connectivity index (χ1) is 30.5. The monoisotopic (exact) mass is 824 g/mol. The number of rotatable bonds is 12. The van der Waals surface area contributed by atoms with Crippen LogP contribution in [0, 0.1) is 23.7 Å². The first-order valence-corrected chi connectivity index (χ1v) is 22.6. The van der Waals surface area contributed by atoms with Gasteiger partial charge in [0, 0.05) is 48.3 Å². The number of aromatic nitrogens is 2. The predicted molar refractivity (Wildman–Crippen MR) is 246 cm³/mol. The Morgan fingerprint density at radius 2 is 1.08 bits per heavy atom. The first kappa shape index (κ1) is 39.5. The van der Waals surface area contributed by atoms with Crippen molar-refractivity contribution < 1.29 is 18.9 Å². The van der Waals surface area contributed by atoms with Gasteiger partial charge in [-0.25, -0.2) is 0 Å². The van der Waals surface area contributed by atoms with Crippen molar-refractivity contribution in [1.29, 1.82) is 0 Å². The minimum atomic E-state index is -0.308. The molecular weight excluding hydrogens is 769 g/mol. The molecule has 6 aliphatic heterocycles. The summed E-state index contributed by atoms with van der Waals surface area (Å²) in [5, 5.41) is 4.51. The van der Waals surface area contributed by atoms with Crippen LogP contribution in [0.3, 0.4) is 0 Å². The van der Waals surface area contributed by atoms with Crippen LogP contribution in [0.1, 0.15) is 72.4 Å². The minimum absolute atomic E-state index is 0.199. The molecule has 12 atom stereocenters. The number of piperidine rings is 6. The van der Waals surface area contributed by atoms with Crippen LogP contribution in [0.25, 0.3) is 32.6 Å². The molecule has 8 heteroatoms. The summed E-state index contributed by atoms with van der Waals surface area (Å²) in [6.45, 7) is 12.6. The Morgan fingerprint density at radius 3 is 1.48 bits per heavy atom. The molecule has 0 N–H and O–H groups in total. The number of fused-ring (bicyclic) bond motifs is 10. The molecule has 8 heterocycles. The summed E-state index contributed by atoms with van der Waals surface area (Å²) >= 11 is 0. The van der Waals surface area contributed by atoms with E-state index in [4.69, 9.17) is 28.9 Å². The van der Waals surface area contributed by atoms with E-state index in [0.717, 1.165) is 94.6 Å². The van der Waals surface area contributed by atoms with Gasteiger partial charge in [-0.3, -0.25) is 19.8 Å². The minimum Gasteiger partial charge on any atom is -0.497 e. The molecule has 6 fully saturated rings. The molecule has 0 spiro atoms. The summed E-state index contributed by atoms with van der Waals surface area (Å²) in [4.78, 5) is 14.9. The van der Waals surface area contributed by atoms with Crippen LogP contribution in [-0.4, -0.2) is 72.3 Å². The van der Waals surface area contributed by atoms with Gasteiger partial charge in [0.1, 0.15) is 23.7 Å². The Balaban J connectivity index is 1.02. The maximum Gasteiger partial charge on any atom is 0.119 e. The highest BCUT2D eigenvalue weighted by Crippen LogP contribution is 2.50. The van der Waals surface area contributed by atoms with Crippen LogP contribution < -0.4 is 9.47 Å².